The molecule has 1 aliphatic rings. The summed E-state index contributed by atoms with van der Waals surface area (Å²) in [4.78, 5) is 11.0. The van der Waals surface area contributed by atoms with Gasteiger partial charge in [0.15, 0.2) is 0 Å². The second kappa shape index (κ2) is 5.31. The Labute approximate surface area is 79.6 Å². The summed E-state index contributed by atoms with van der Waals surface area (Å²) in [7, 11) is 0. The molecule has 2 unspecified atom stereocenters. The van der Waals surface area contributed by atoms with Crippen LogP contribution >= 0.6 is 0 Å². The summed E-state index contributed by atoms with van der Waals surface area (Å²) in [6.45, 7) is 1.71. The normalized spacial score (nSPS) is 25.2. The molecule has 0 aliphatic carbocycles. The third-order valence-electron chi connectivity index (χ3n) is 1.91. The Bertz CT molecular complexity index is 204. The fraction of sp³-hybridized carbons (Fsp3) is 0.857. The third-order valence-corrected chi connectivity index (χ3v) is 2.41. The van der Waals surface area contributed by atoms with Crippen molar-refractivity contribution in [1.29, 1.82) is 0 Å². The van der Waals surface area contributed by atoms with E-state index in [4.69, 9.17) is 0 Å². The van der Waals surface area contributed by atoms with Crippen molar-refractivity contribution in [3.63, 3.8) is 0 Å². The molecule has 2 atom stereocenters. The van der Waals surface area contributed by atoms with E-state index in [1.807, 2.05) is 0 Å². The minimum absolute atomic E-state index is 0.0878. The zero-order chi connectivity index (χ0) is 9.68. The number of amides is 1. The Morgan fingerprint density at radius 3 is 3.00 bits per heavy atom. The number of nitrogens with one attached hydrogen (secondary N) is 2. The van der Waals surface area contributed by atoms with Crippen molar-refractivity contribution in [2.24, 2.45) is 0 Å². The van der Waals surface area contributed by atoms with Crippen molar-refractivity contribution in [2.45, 2.75) is 18.9 Å². The van der Waals surface area contributed by atoms with Crippen LogP contribution in [0.25, 0.3) is 0 Å². The van der Waals surface area contributed by atoms with Gasteiger partial charge in [-0.1, -0.05) is 0 Å². The van der Waals surface area contributed by atoms with Crippen molar-refractivity contribution in [3.8, 4) is 0 Å². The molecule has 0 aromatic carbocycles. The van der Waals surface area contributed by atoms with Crippen LogP contribution in [0.4, 0.5) is 0 Å². The number of hydrogen-bond acceptors (Lipinski definition) is 4. The van der Waals surface area contributed by atoms with Gasteiger partial charge in [0, 0.05) is 12.6 Å². The number of carbonyl (C=O) groups excluding carboxylic acids is 1. The summed E-state index contributed by atoms with van der Waals surface area (Å²) >= 11 is -2.28. The van der Waals surface area contributed by atoms with Crippen molar-refractivity contribution in [1.82, 2.24) is 10.6 Å². The van der Waals surface area contributed by atoms with E-state index >= 15 is 0 Å². The van der Waals surface area contributed by atoms with Crippen LogP contribution < -0.4 is 10.6 Å². The van der Waals surface area contributed by atoms with Gasteiger partial charge in [0.25, 0.3) is 0 Å². The average Bonchev–Trinajstić information content (AvgIpc) is 2.04. The highest BCUT2D eigenvalue weighted by molar-refractivity contribution is 7.79. The fourth-order valence-corrected chi connectivity index (χ4v) is 1.65. The van der Waals surface area contributed by atoms with Gasteiger partial charge in [-0.2, -0.15) is 0 Å². The van der Waals surface area contributed by atoms with Crippen molar-refractivity contribution < 1.29 is 13.6 Å². The quantitative estimate of drug-likeness (QED) is 0.563. The maximum absolute atomic E-state index is 11.0. The topological polar surface area (TPSA) is 81.3 Å². The van der Waals surface area contributed by atoms with Crippen LogP contribution in [0.5, 0.6) is 0 Å². The van der Waals surface area contributed by atoms with E-state index in [1.165, 1.54) is 0 Å². The molecular weight excluding hydrogens is 192 g/mol. The summed E-state index contributed by atoms with van der Waals surface area (Å²) < 4.78 is 20.3. The average molecular weight is 205 g/mol. The first kappa shape index (κ1) is 10.6. The van der Waals surface area contributed by atoms with E-state index in [0.29, 0.717) is 0 Å². The first-order valence-corrected chi connectivity index (χ1v) is 5.49. The molecule has 0 radical (unpaired) electrons. The molecule has 6 heteroatoms. The predicted molar refractivity (Wildman–Crippen MR) is 47.8 cm³/mol. The van der Waals surface area contributed by atoms with Gasteiger partial charge in [0.1, 0.15) is 0 Å². The van der Waals surface area contributed by atoms with E-state index in [1.54, 1.807) is 0 Å². The lowest BCUT2D eigenvalue weighted by Crippen LogP contribution is -2.46. The van der Waals surface area contributed by atoms with Crippen LogP contribution in [0.3, 0.4) is 0 Å². The summed E-state index contributed by atoms with van der Waals surface area (Å²) in [5.74, 6) is -0.849. The molecule has 1 heterocycles. The number of carbonyl (C=O) groups is 1. The Morgan fingerprint density at radius 2 is 2.46 bits per heavy atom. The van der Waals surface area contributed by atoms with Gasteiger partial charge in [0.05, 0.1) is 5.75 Å². The molecule has 76 valence electrons. The van der Waals surface area contributed by atoms with Crippen molar-refractivity contribution in [3.05, 3.63) is 0 Å². The number of piperidine rings is 1. The van der Waals surface area contributed by atoms with E-state index in [9.17, 15) is 13.6 Å². The minimum Gasteiger partial charge on any atom is -0.772 e. The highest BCUT2D eigenvalue weighted by Crippen LogP contribution is 2.00. The van der Waals surface area contributed by atoms with Crippen molar-refractivity contribution in [2.75, 3.05) is 18.8 Å². The van der Waals surface area contributed by atoms with Gasteiger partial charge in [-0.3, -0.25) is 9.00 Å². The van der Waals surface area contributed by atoms with E-state index < -0.39 is 22.7 Å². The molecule has 0 saturated carbocycles. The van der Waals surface area contributed by atoms with Gasteiger partial charge in [-0.05, 0) is 30.5 Å². The van der Waals surface area contributed by atoms with Crippen LogP contribution in [-0.4, -0.2) is 39.6 Å². The lowest BCUT2D eigenvalue weighted by Gasteiger charge is -2.23. The highest BCUT2D eigenvalue weighted by Gasteiger charge is 2.14. The maximum Gasteiger partial charge on any atom is 0.231 e. The molecule has 0 aromatic rings. The molecule has 1 aliphatic heterocycles. The lowest BCUT2D eigenvalue weighted by atomic mass is 10.1. The Balaban J connectivity index is 2.22. The van der Waals surface area contributed by atoms with Gasteiger partial charge in [-0.15, -0.1) is 0 Å². The molecule has 5 nitrogen and oxygen atoms in total. The van der Waals surface area contributed by atoms with Crippen LogP contribution in [0, 0.1) is 0 Å². The number of hydrogen-bond donors (Lipinski definition) is 2. The third kappa shape index (κ3) is 4.35. The van der Waals surface area contributed by atoms with Crippen molar-refractivity contribution >= 4 is 17.0 Å². The van der Waals surface area contributed by atoms with E-state index in [0.717, 1.165) is 25.9 Å². The standard InChI is InChI=1S/C7H14N2O3S/c10-7(5-13(11)12)9-6-2-1-3-8-4-6/h6,8H,1-5H2,(H,9,10)(H,11,12)/p-1. The monoisotopic (exact) mass is 205 g/mol. The Kier molecular flexibility index (Phi) is 4.34. The second-order valence-corrected chi connectivity index (χ2v) is 3.96. The molecule has 13 heavy (non-hydrogen) atoms. The minimum atomic E-state index is -2.28. The molecule has 0 aromatic heterocycles. The summed E-state index contributed by atoms with van der Waals surface area (Å²) in [5, 5.41) is 5.78. The first-order chi connectivity index (χ1) is 6.18. The van der Waals surface area contributed by atoms with Gasteiger partial charge in [-0.25, -0.2) is 0 Å². The molecule has 2 N–H and O–H groups in total. The maximum atomic E-state index is 11.0. The highest BCUT2D eigenvalue weighted by atomic mass is 32.2. The number of rotatable bonds is 3. The van der Waals surface area contributed by atoms with Crippen LogP contribution in [0.15, 0.2) is 0 Å². The SMILES string of the molecule is O=C(CS(=O)[O-])NC1CCCNC1. The van der Waals surface area contributed by atoms with Crippen LogP contribution in [0.1, 0.15) is 12.8 Å². The van der Waals surface area contributed by atoms with Gasteiger partial charge >= 0.3 is 0 Å². The van der Waals surface area contributed by atoms with Gasteiger partial charge in [0.2, 0.25) is 5.91 Å². The predicted octanol–water partition coefficient (Wildman–Crippen LogP) is -1.27. The summed E-state index contributed by atoms with van der Waals surface area (Å²) in [6.07, 6.45) is 1.94. The zero-order valence-corrected chi connectivity index (χ0v) is 8.06. The molecule has 0 bridgehead atoms. The molecule has 1 saturated heterocycles. The first-order valence-electron chi connectivity index (χ1n) is 4.24. The molecule has 1 amide bonds. The fourth-order valence-electron chi connectivity index (χ4n) is 1.35. The van der Waals surface area contributed by atoms with Crippen LogP contribution in [0.2, 0.25) is 0 Å². The molecule has 0 spiro atoms. The molecule has 1 rings (SSSR count). The smallest absolute Gasteiger partial charge is 0.231 e. The lowest BCUT2D eigenvalue weighted by molar-refractivity contribution is -0.119. The van der Waals surface area contributed by atoms with Crippen LogP contribution in [-0.2, 0) is 15.9 Å². The summed E-state index contributed by atoms with van der Waals surface area (Å²) in [5.41, 5.74) is 0. The second-order valence-electron chi connectivity index (χ2n) is 3.06. The van der Waals surface area contributed by atoms with E-state index in [-0.39, 0.29) is 6.04 Å². The Morgan fingerprint density at radius 1 is 1.69 bits per heavy atom. The largest absolute Gasteiger partial charge is 0.772 e. The molecule has 1 fully saturated rings. The summed E-state index contributed by atoms with van der Waals surface area (Å²) in [6, 6.07) is 0.0878. The Hall–Kier alpha value is -0.460. The van der Waals surface area contributed by atoms with Gasteiger partial charge < -0.3 is 15.2 Å². The van der Waals surface area contributed by atoms with E-state index in [2.05, 4.69) is 10.6 Å². The zero-order valence-electron chi connectivity index (χ0n) is 7.25. The molecular formula is C7H13N2O3S-.